The fraction of sp³-hybridized carbons (Fsp3) is 0.312. The number of carbonyl (C=O) groups is 1. The zero-order valence-corrected chi connectivity index (χ0v) is 12.2. The molecule has 110 valence electrons. The van der Waals surface area contributed by atoms with Crippen LogP contribution < -0.4 is 15.4 Å². The molecule has 0 radical (unpaired) electrons. The van der Waals surface area contributed by atoms with Crippen molar-refractivity contribution in [2.24, 2.45) is 0 Å². The number of carbonyl (C=O) groups excluding carboxylic acids is 1. The third-order valence-corrected chi connectivity index (χ3v) is 3.46. The van der Waals surface area contributed by atoms with E-state index in [4.69, 9.17) is 9.15 Å². The predicted molar refractivity (Wildman–Crippen MR) is 79.8 cm³/mol. The fourth-order valence-electron chi connectivity index (χ4n) is 2.45. The van der Waals surface area contributed by atoms with Gasteiger partial charge in [0, 0.05) is 24.3 Å². The van der Waals surface area contributed by atoms with Crippen LogP contribution in [0.5, 0.6) is 5.75 Å². The lowest BCUT2D eigenvalue weighted by Gasteiger charge is -2.10. The first-order valence-corrected chi connectivity index (χ1v) is 6.98. The van der Waals surface area contributed by atoms with Crippen LogP contribution in [0.3, 0.4) is 0 Å². The number of hydrogen-bond donors (Lipinski definition) is 2. The summed E-state index contributed by atoms with van der Waals surface area (Å²) in [6.45, 7) is 5.84. The molecular weight excluding hydrogens is 268 g/mol. The van der Waals surface area contributed by atoms with E-state index in [9.17, 15) is 4.79 Å². The van der Waals surface area contributed by atoms with Crippen molar-refractivity contribution in [2.75, 3.05) is 18.5 Å². The summed E-state index contributed by atoms with van der Waals surface area (Å²) >= 11 is 0. The van der Waals surface area contributed by atoms with E-state index < -0.39 is 0 Å². The third kappa shape index (κ3) is 2.92. The van der Waals surface area contributed by atoms with Crippen molar-refractivity contribution in [3.8, 4) is 5.75 Å². The maximum Gasteiger partial charge on any atom is 0.259 e. The predicted octanol–water partition coefficient (Wildman–Crippen LogP) is 2.63. The number of nitrogens with one attached hydrogen (secondary N) is 2. The SMILES string of the molecule is Cc1cc(C(=O)Nc2ccc3c(c2)CNCCO3)c(C)o1. The Hall–Kier alpha value is -2.27. The van der Waals surface area contributed by atoms with Crippen molar-refractivity contribution in [3.63, 3.8) is 0 Å². The average molecular weight is 286 g/mol. The fourth-order valence-corrected chi connectivity index (χ4v) is 2.45. The second-order valence-electron chi connectivity index (χ2n) is 5.13. The molecule has 2 N–H and O–H groups in total. The third-order valence-electron chi connectivity index (χ3n) is 3.46. The van der Waals surface area contributed by atoms with Crippen LogP contribution in [0.2, 0.25) is 0 Å². The first kappa shape index (κ1) is 13.7. The van der Waals surface area contributed by atoms with Gasteiger partial charge in [0.2, 0.25) is 0 Å². The van der Waals surface area contributed by atoms with Gasteiger partial charge in [-0.25, -0.2) is 0 Å². The minimum absolute atomic E-state index is 0.160. The van der Waals surface area contributed by atoms with Crippen LogP contribution in [0.1, 0.15) is 27.4 Å². The molecule has 0 aliphatic carbocycles. The number of amides is 1. The van der Waals surface area contributed by atoms with E-state index in [0.29, 0.717) is 17.9 Å². The quantitative estimate of drug-likeness (QED) is 0.891. The Kier molecular flexibility index (Phi) is 3.66. The molecule has 3 rings (SSSR count). The number of rotatable bonds is 2. The topological polar surface area (TPSA) is 63.5 Å². The van der Waals surface area contributed by atoms with Crippen molar-refractivity contribution in [2.45, 2.75) is 20.4 Å². The molecule has 1 aliphatic rings. The van der Waals surface area contributed by atoms with Crippen molar-refractivity contribution in [3.05, 3.63) is 46.9 Å². The van der Waals surface area contributed by atoms with Gasteiger partial charge in [-0.1, -0.05) is 0 Å². The highest BCUT2D eigenvalue weighted by Crippen LogP contribution is 2.25. The minimum Gasteiger partial charge on any atom is -0.492 e. The minimum atomic E-state index is -0.160. The van der Waals surface area contributed by atoms with Crippen LogP contribution in [0.15, 0.2) is 28.7 Å². The number of aryl methyl sites for hydroxylation is 2. The Morgan fingerprint density at radius 2 is 2.14 bits per heavy atom. The lowest BCUT2D eigenvalue weighted by atomic mass is 10.1. The second-order valence-corrected chi connectivity index (χ2v) is 5.13. The zero-order valence-electron chi connectivity index (χ0n) is 12.2. The lowest BCUT2D eigenvalue weighted by Crippen LogP contribution is -2.16. The number of ether oxygens (including phenoxy) is 1. The summed E-state index contributed by atoms with van der Waals surface area (Å²) in [6.07, 6.45) is 0. The van der Waals surface area contributed by atoms with Gasteiger partial charge in [0.25, 0.3) is 5.91 Å². The first-order chi connectivity index (χ1) is 10.1. The highest BCUT2D eigenvalue weighted by Gasteiger charge is 2.15. The Labute approximate surface area is 123 Å². The maximum atomic E-state index is 12.3. The molecule has 0 atom stereocenters. The maximum absolute atomic E-state index is 12.3. The molecule has 0 saturated heterocycles. The van der Waals surface area contributed by atoms with Crippen molar-refractivity contribution >= 4 is 11.6 Å². The van der Waals surface area contributed by atoms with E-state index in [0.717, 1.165) is 35.9 Å². The molecule has 0 bridgehead atoms. The zero-order chi connectivity index (χ0) is 14.8. The molecule has 1 aliphatic heterocycles. The molecule has 5 nitrogen and oxygen atoms in total. The number of fused-ring (bicyclic) bond motifs is 1. The van der Waals surface area contributed by atoms with Crippen molar-refractivity contribution < 1.29 is 13.9 Å². The number of hydrogen-bond acceptors (Lipinski definition) is 4. The molecule has 1 amide bonds. The number of furan rings is 1. The van der Waals surface area contributed by atoms with Crippen LogP contribution in [-0.4, -0.2) is 19.1 Å². The molecule has 0 saturated carbocycles. The lowest BCUT2D eigenvalue weighted by molar-refractivity contribution is 0.102. The van der Waals surface area contributed by atoms with Gasteiger partial charge in [0.05, 0.1) is 5.56 Å². The Morgan fingerprint density at radius 3 is 2.90 bits per heavy atom. The van der Waals surface area contributed by atoms with E-state index in [2.05, 4.69) is 10.6 Å². The average Bonchev–Trinajstić information content (AvgIpc) is 2.66. The van der Waals surface area contributed by atoms with E-state index >= 15 is 0 Å². The van der Waals surface area contributed by atoms with Crippen LogP contribution in [-0.2, 0) is 6.54 Å². The van der Waals surface area contributed by atoms with E-state index in [1.165, 1.54) is 0 Å². The highest BCUT2D eigenvalue weighted by atomic mass is 16.5. The van der Waals surface area contributed by atoms with Gasteiger partial charge in [-0.15, -0.1) is 0 Å². The summed E-state index contributed by atoms with van der Waals surface area (Å²) in [4.78, 5) is 12.3. The molecule has 0 spiro atoms. The van der Waals surface area contributed by atoms with Gasteiger partial charge in [0.1, 0.15) is 23.9 Å². The standard InChI is InChI=1S/C16H18N2O3/c1-10-7-14(11(2)21-10)16(19)18-13-3-4-15-12(8-13)9-17-5-6-20-15/h3-4,7-8,17H,5-6,9H2,1-2H3,(H,18,19). The summed E-state index contributed by atoms with van der Waals surface area (Å²) in [5.41, 5.74) is 2.37. The summed E-state index contributed by atoms with van der Waals surface area (Å²) < 4.78 is 11.0. The molecular formula is C16H18N2O3. The molecule has 0 unspecified atom stereocenters. The van der Waals surface area contributed by atoms with Crippen molar-refractivity contribution in [1.29, 1.82) is 0 Å². The normalized spacial score (nSPS) is 14.0. The van der Waals surface area contributed by atoms with E-state index in [-0.39, 0.29) is 5.91 Å². The van der Waals surface area contributed by atoms with Gasteiger partial charge in [-0.3, -0.25) is 4.79 Å². The monoisotopic (exact) mass is 286 g/mol. The van der Waals surface area contributed by atoms with Crippen LogP contribution in [0.25, 0.3) is 0 Å². The van der Waals surface area contributed by atoms with Gasteiger partial charge in [0.15, 0.2) is 0 Å². The van der Waals surface area contributed by atoms with E-state index in [1.54, 1.807) is 13.0 Å². The van der Waals surface area contributed by atoms with Crippen LogP contribution >= 0.6 is 0 Å². The van der Waals surface area contributed by atoms with Crippen LogP contribution in [0, 0.1) is 13.8 Å². The molecule has 21 heavy (non-hydrogen) atoms. The Balaban J connectivity index is 1.80. The molecule has 2 heterocycles. The summed E-state index contributed by atoms with van der Waals surface area (Å²) in [6, 6.07) is 7.43. The van der Waals surface area contributed by atoms with E-state index in [1.807, 2.05) is 25.1 Å². The molecule has 2 aromatic rings. The van der Waals surface area contributed by atoms with Gasteiger partial charge >= 0.3 is 0 Å². The first-order valence-electron chi connectivity index (χ1n) is 6.98. The second kappa shape index (κ2) is 5.61. The molecule has 5 heteroatoms. The summed E-state index contributed by atoms with van der Waals surface area (Å²) in [5.74, 6) is 2.07. The largest absolute Gasteiger partial charge is 0.492 e. The Bertz CT molecular complexity index is 676. The summed E-state index contributed by atoms with van der Waals surface area (Å²) in [5, 5.41) is 6.18. The molecule has 0 fully saturated rings. The van der Waals surface area contributed by atoms with Gasteiger partial charge in [-0.05, 0) is 38.1 Å². The number of anilines is 1. The molecule has 1 aromatic carbocycles. The van der Waals surface area contributed by atoms with Gasteiger partial charge < -0.3 is 19.8 Å². The molecule has 1 aromatic heterocycles. The highest BCUT2D eigenvalue weighted by molar-refractivity contribution is 6.05. The van der Waals surface area contributed by atoms with Crippen molar-refractivity contribution in [1.82, 2.24) is 5.32 Å². The van der Waals surface area contributed by atoms with Crippen LogP contribution in [0.4, 0.5) is 5.69 Å². The van der Waals surface area contributed by atoms with Gasteiger partial charge in [-0.2, -0.15) is 0 Å². The number of benzene rings is 1. The Morgan fingerprint density at radius 1 is 1.29 bits per heavy atom. The summed E-state index contributed by atoms with van der Waals surface area (Å²) in [7, 11) is 0. The smallest absolute Gasteiger partial charge is 0.259 e.